The maximum Gasteiger partial charge on any atom is 0.131 e. The Labute approximate surface area is 128 Å². The first-order valence-corrected chi connectivity index (χ1v) is 8.25. The number of halogens is 2. The molecule has 1 unspecified atom stereocenters. The fourth-order valence-electron chi connectivity index (χ4n) is 3.05. The summed E-state index contributed by atoms with van der Waals surface area (Å²) in [6.45, 7) is 0. The molecular formula is C17H19F2NS. The van der Waals surface area contributed by atoms with Crippen LogP contribution in [0.1, 0.15) is 46.2 Å². The van der Waals surface area contributed by atoms with E-state index in [1.807, 2.05) is 0 Å². The number of rotatable bonds is 3. The highest BCUT2D eigenvalue weighted by atomic mass is 32.1. The van der Waals surface area contributed by atoms with Crippen LogP contribution in [0, 0.1) is 11.6 Å². The normalized spacial score (nSPS) is 16.3. The van der Waals surface area contributed by atoms with Crippen molar-refractivity contribution in [1.82, 2.24) is 5.32 Å². The predicted molar refractivity (Wildman–Crippen MR) is 82.8 cm³/mol. The largest absolute Gasteiger partial charge is 0.308 e. The Morgan fingerprint density at radius 1 is 1.10 bits per heavy atom. The molecule has 1 N–H and O–H groups in total. The quantitative estimate of drug-likeness (QED) is 0.817. The molecule has 0 aliphatic heterocycles. The smallest absolute Gasteiger partial charge is 0.131 e. The van der Waals surface area contributed by atoms with E-state index in [1.165, 1.54) is 47.9 Å². The van der Waals surface area contributed by atoms with E-state index >= 15 is 0 Å². The van der Waals surface area contributed by atoms with E-state index in [0.29, 0.717) is 0 Å². The van der Waals surface area contributed by atoms with Crippen molar-refractivity contribution in [2.24, 2.45) is 0 Å². The van der Waals surface area contributed by atoms with E-state index in [4.69, 9.17) is 0 Å². The van der Waals surface area contributed by atoms with Crippen LogP contribution in [0.15, 0.2) is 24.3 Å². The molecule has 0 amide bonds. The predicted octanol–water partition coefficient (Wildman–Crippen LogP) is 4.60. The van der Waals surface area contributed by atoms with Gasteiger partial charge >= 0.3 is 0 Å². The van der Waals surface area contributed by atoms with Crippen LogP contribution < -0.4 is 5.32 Å². The van der Waals surface area contributed by atoms with Crippen LogP contribution in [-0.4, -0.2) is 7.05 Å². The molecule has 1 nitrogen and oxygen atoms in total. The minimum Gasteiger partial charge on any atom is -0.308 e. The highest BCUT2D eigenvalue weighted by molar-refractivity contribution is 7.12. The summed E-state index contributed by atoms with van der Waals surface area (Å²) in [6.07, 6.45) is 5.87. The topological polar surface area (TPSA) is 12.0 Å². The van der Waals surface area contributed by atoms with Gasteiger partial charge in [-0.2, -0.15) is 0 Å². The van der Waals surface area contributed by atoms with Gasteiger partial charge in [0.25, 0.3) is 0 Å². The van der Waals surface area contributed by atoms with E-state index in [1.54, 1.807) is 18.4 Å². The fourth-order valence-corrected chi connectivity index (χ4v) is 4.43. The van der Waals surface area contributed by atoms with Gasteiger partial charge in [0.1, 0.15) is 11.6 Å². The maximum absolute atomic E-state index is 14.0. The Balaban J connectivity index is 2.01. The summed E-state index contributed by atoms with van der Waals surface area (Å²) in [4.78, 5) is 2.40. The first-order valence-electron chi connectivity index (χ1n) is 7.43. The summed E-state index contributed by atoms with van der Waals surface area (Å²) in [5, 5.41) is 3.07. The molecule has 21 heavy (non-hydrogen) atoms. The second-order valence-electron chi connectivity index (χ2n) is 5.51. The molecule has 1 aromatic heterocycles. The molecule has 1 aromatic carbocycles. The Hall–Kier alpha value is -1.26. The summed E-state index contributed by atoms with van der Waals surface area (Å²) in [6, 6.07) is 5.77. The van der Waals surface area contributed by atoms with Crippen molar-refractivity contribution in [2.75, 3.05) is 7.05 Å². The number of hydrogen-bond acceptors (Lipinski definition) is 2. The molecule has 1 aliphatic carbocycles. The molecule has 3 rings (SSSR count). The third-order valence-corrected chi connectivity index (χ3v) is 5.43. The SMILES string of the molecule is CNC(c1cc2c(s1)CCCCC2)c1c(F)cccc1F. The second-order valence-corrected chi connectivity index (χ2v) is 6.68. The van der Waals surface area contributed by atoms with Crippen LogP contribution in [0.5, 0.6) is 0 Å². The summed E-state index contributed by atoms with van der Waals surface area (Å²) in [5.41, 5.74) is 1.49. The number of hydrogen-bond donors (Lipinski definition) is 1. The molecule has 0 radical (unpaired) electrons. The van der Waals surface area contributed by atoms with E-state index < -0.39 is 17.7 Å². The van der Waals surface area contributed by atoms with Crippen molar-refractivity contribution in [3.8, 4) is 0 Å². The minimum absolute atomic E-state index is 0.122. The summed E-state index contributed by atoms with van der Waals surface area (Å²) in [5.74, 6) is -0.976. The van der Waals surface area contributed by atoms with Crippen molar-refractivity contribution in [3.63, 3.8) is 0 Å². The molecule has 2 aromatic rings. The number of aryl methyl sites for hydroxylation is 2. The second kappa shape index (κ2) is 6.24. The van der Waals surface area contributed by atoms with Crippen molar-refractivity contribution in [3.05, 3.63) is 56.8 Å². The van der Waals surface area contributed by atoms with Crippen molar-refractivity contribution < 1.29 is 8.78 Å². The van der Waals surface area contributed by atoms with E-state index in [2.05, 4.69) is 11.4 Å². The average molecular weight is 307 g/mol. The lowest BCUT2D eigenvalue weighted by atomic mass is 10.0. The van der Waals surface area contributed by atoms with Gasteiger partial charge in [-0.1, -0.05) is 12.5 Å². The van der Waals surface area contributed by atoms with E-state index in [-0.39, 0.29) is 5.56 Å². The van der Waals surface area contributed by atoms with Gasteiger partial charge in [-0.3, -0.25) is 0 Å². The zero-order chi connectivity index (χ0) is 14.8. The Bertz CT molecular complexity index is 592. The van der Waals surface area contributed by atoms with Gasteiger partial charge in [-0.15, -0.1) is 11.3 Å². The molecule has 1 aliphatic rings. The highest BCUT2D eigenvalue weighted by Gasteiger charge is 2.24. The molecule has 0 fully saturated rings. The monoisotopic (exact) mass is 307 g/mol. The van der Waals surface area contributed by atoms with Gasteiger partial charge in [0.2, 0.25) is 0 Å². The first-order chi connectivity index (χ1) is 10.2. The molecule has 112 valence electrons. The molecule has 0 saturated carbocycles. The minimum atomic E-state index is -0.488. The van der Waals surface area contributed by atoms with Gasteiger partial charge < -0.3 is 5.32 Å². The lowest BCUT2D eigenvalue weighted by molar-refractivity contribution is 0.524. The zero-order valence-electron chi connectivity index (χ0n) is 12.1. The van der Waals surface area contributed by atoms with Gasteiger partial charge in [-0.25, -0.2) is 8.78 Å². The molecule has 0 spiro atoms. The van der Waals surface area contributed by atoms with Crippen LogP contribution in [-0.2, 0) is 12.8 Å². The standard InChI is InChI=1S/C17H19F2NS/c1-20-17(16-12(18)7-5-8-13(16)19)15-10-11-6-3-2-4-9-14(11)21-15/h5,7-8,10,17,20H,2-4,6,9H2,1H3. The van der Waals surface area contributed by atoms with Gasteiger partial charge in [-0.05, 0) is 56.5 Å². The third kappa shape index (κ3) is 2.87. The zero-order valence-corrected chi connectivity index (χ0v) is 12.9. The average Bonchev–Trinajstić information content (AvgIpc) is 2.73. The van der Waals surface area contributed by atoms with Gasteiger partial charge in [0, 0.05) is 15.3 Å². The van der Waals surface area contributed by atoms with Crippen LogP contribution in [0.4, 0.5) is 8.78 Å². The van der Waals surface area contributed by atoms with E-state index in [9.17, 15) is 8.78 Å². The molecule has 1 atom stereocenters. The highest BCUT2D eigenvalue weighted by Crippen LogP contribution is 2.36. The Morgan fingerprint density at radius 3 is 2.52 bits per heavy atom. The molecular weight excluding hydrogens is 288 g/mol. The first kappa shape index (κ1) is 14.7. The van der Waals surface area contributed by atoms with Crippen LogP contribution in [0.2, 0.25) is 0 Å². The number of thiophene rings is 1. The molecule has 1 heterocycles. The van der Waals surface area contributed by atoms with E-state index in [0.717, 1.165) is 17.7 Å². The van der Waals surface area contributed by atoms with Crippen molar-refractivity contribution in [2.45, 2.75) is 38.1 Å². The third-order valence-electron chi connectivity index (χ3n) is 4.13. The van der Waals surface area contributed by atoms with Gasteiger partial charge in [0.05, 0.1) is 6.04 Å². The Morgan fingerprint density at radius 2 is 1.81 bits per heavy atom. The van der Waals surface area contributed by atoms with Gasteiger partial charge in [0.15, 0.2) is 0 Å². The van der Waals surface area contributed by atoms with Crippen LogP contribution in [0.25, 0.3) is 0 Å². The lowest BCUT2D eigenvalue weighted by Gasteiger charge is -2.16. The summed E-state index contributed by atoms with van der Waals surface area (Å²) >= 11 is 1.70. The maximum atomic E-state index is 14.0. The van der Waals surface area contributed by atoms with Crippen LogP contribution in [0.3, 0.4) is 0 Å². The summed E-state index contributed by atoms with van der Waals surface area (Å²) < 4.78 is 28.1. The Kier molecular flexibility index (Phi) is 4.36. The summed E-state index contributed by atoms with van der Waals surface area (Å²) in [7, 11) is 1.75. The molecule has 4 heteroatoms. The molecule has 0 saturated heterocycles. The lowest BCUT2D eigenvalue weighted by Crippen LogP contribution is -2.19. The number of benzene rings is 1. The molecule has 0 bridgehead atoms. The van der Waals surface area contributed by atoms with Crippen molar-refractivity contribution in [1.29, 1.82) is 0 Å². The fraction of sp³-hybridized carbons (Fsp3) is 0.412. The number of fused-ring (bicyclic) bond motifs is 1. The van der Waals surface area contributed by atoms with Crippen molar-refractivity contribution >= 4 is 11.3 Å². The van der Waals surface area contributed by atoms with Crippen LogP contribution >= 0.6 is 11.3 Å². The number of nitrogens with one attached hydrogen (secondary N) is 1.